The van der Waals surface area contributed by atoms with Gasteiger partial charge < -0.3 is 29.8 Å². The standard InChI is InChI=1S/C37H45NO6/c1-32(2)17-23-19-15-25-20(14-21(19)29(40)28(23)34(5,6)44-32)22-13-18-9-12-37(42)24-16-26(39)31(33(3,4)41)43-27(24)10-11-35(37,7)36(18,8)30(22)38-25/h10,14-18,28-29,31,38,40-42H,9,11-13H2,1-8H3/t18-,28+,29+,31-,35+,36+,37+/m0/s1. The first-order valence-corrected chi connectivity index (χ1v) is 16.2. The van der Waals surface area contributed by atoms with Crippen LogP contribution in [-0.4, -0.2) is 54.6 Å². The number of hydrogen-bond donors (Lipinski definition) is 4. The van der Waals surface area contributed by atoms with Crippen LogP contribution in [0.4, 0.5) is 0 Å². The average Bonchev–Trinajstić information content (AvgIpc) is 3.50. The minimum absolute atomic E-state index is 0.132. The lowest BCUT2D eigenvalue weighted by Gasteiger charge is -2.62. The average molecular weight is 600 g/mol. The molecule has 7 heteroatoms. The van der Waals surface area contributed by atoms with E-state index in [-0.39, 0.29) is 11.7 Å². The maximum absolute atomic E-state index is 13.2. The summed E-state index contributed by atoms with van der Waals surface area (Å²) in [5.74, 6) is 0.388. The maximum Gasteiger partial charge on any atom is 0.199 e. The number of H-pyrrole nitrogens is 1. The summed E-state index contributed by atoms with van der Waals surface area (Å²) < 4.78 is 12.5. The molecule has 2 aromatic rings. The van der Waals surface area contributed by atoms with Crippen LogP contribution in [0.2, 0.25) is 0 Å². The van der Waals surface area contributed by atoms with Crippen molar-refractivity contribution >= 4 is 22.3 Å². The van der Waals surface area contributed by atoms with Crippen LogP contribution in [-0.2, 0) is 26.1 Å². The Bertz CT molecular complexity index is 1770. The predicted octanol–water partition coefficient (Wildman–Crippen LogP) is 5.72. The lowest BCUT2D eigenvalue weighted by atomic mass is 9.44. The summed E-state index contributed by atoms with van der Waals surface area (Å²) in [5.41, 5.74) is 2.66. The fraction of sp³-hybridized carbons (Fsp3) is 0.595. The molecule has 6 aliphatic rings. The summed E-state index contributed by atoms with van der Waals surface area (Å²) in [4.78, 5) is 17.1. The van der Waals surface area contributed by atoms with Gasteiger partial charge in [0.15, 0.2) is 11.9 Å². The summed E-state index contributed by atoms with van der Waals surface area (Å²) >= 11 is 0. The Balaban J connectivity index is 1.26. The number of rotatable bonds is 1. The molecule has 4 aliphatic carbocycles. The largest absolute Gasteiger partial charge is 0.479 e. The van der Waals surface area contributed by atoms with Gasteiger partial charge in [-0.1, -0.05) is 13.8 Å². The van der Waals surface area contributed by atoms with Crippen LogP contribution in [0.5, 0.6) is 0 Å². The van der Waals surface area contributed by atoms with E-state index in [1.807, 2.05) is 6.08 Å². The van der Waals surface area contributed by atoms with Gasteiger partial charge in [0.25, 0.3) is 0 Å². The highest BCUT2D eigenvalue weighted by atomic mass is 16.5. The number of aromatic amines is 1. The third-order valence-corrected chi connectivity index (χ3v) is 12.7. The molecule has 0 unspecified atom stereocenters. The van der Waals surface area contributed by atoms with Crippen molar-refractivity contribution in [3.8, 4) is 0 Å². The highest BCUT2D eigenvalue weighted by Crippen LogP contribution is 2.69. The Hall–Kier alpha value is -2.71. The summed E-state index contributed by atoms with van der Waals surface area (Å²) in [6.07, 6.45) is 6.91. The van der Waals surface area contributed by atoms with Crippen molar-refractivity contribution in [1.82, 2.24) is 4.98 Å². The third kappa shape index (κ3) is 3.29. The number of aliphatic hydroxyl groups excluding tert-OH is 1. The van der Waals surface area contributed by atoms with Gasteiger partial charge in [-0.3, -0.25) is 4.79 Å². The molecule has 1 aromatic carbocycles. The minimum atomic E-state index is -1.34. The van der Waals surface area contributed by atoms with Crippen LogP contribution in [0.15, 0.2) is 41.7 Å². The summed E-state index contributed by atoms with van der Waals surface area (Å²) in [6.45, 7) is 15.9. The van der Waals surface area contributed by atoms with E-state index in [1.165, 1.54) is 11.6 Å². The molecule has 7 nitrogen and oxygen atoms in total. The predicted molar refractivity (Wildman–Crippen MR) is 168 cm³/mol. The van der Waals surface area contributed by atoms with Crippen molar-refractivity contribution in [3.05, 3.63) is 64.1 Å². The van der Waals surface area contributed by atoms with Crippen molar-refractivity contribution in [2.24, 2.45) is 17.3 Å². The first-order valence-electron chi connectivity index (χ1n) is 16.2. The van der Waals surface area contributed by atoms with Gasteiger partial charge in [-0.15, -0.1) is 0 Å². The van der Waals surface area contributed by atoms with Crippen LogP contribution in [0.25, 0.3) is 16.5 Å². The second-order valence-electron chi connectivity index (χ2n) is 16.5. The Morgan fingerprint density at radius 3 is 2.52 bits per heavy atom. The van der Waals surface area contributed by atoms with Gasteiger partial charge in [0.2, 0.25) is 0 Å². The molecule has 0 saturated heterocycles. The van der Waals surface area contributed by atoms with Gasteiger partial charge in [-0.25, -0.2) is 0 Å². The zero-order chi connectivity index (χ0) is 31.6. The molecule has 234 valence electrons. The van der Waals surface area contributed by atoms with E-state index >= 15 is 0 Å². The summed E-state index contributed by atoms with van der Waals surface area (Å²) in [5, 5.41) is 36.1. The molecule has 2 aliphatic heterocycles. The molecule has 0 bridgehead atoms. The highest BCUT2D eigenvalue weighted by Gasteiger charge is 2.69. The number of ketones is 1. The number of carbonyl (C=O) groups excluding carboxylic acids is 1. The van der Waals surface area contributed by atoms with Crippen LogP contribution >= 0.6 is 0 Å². The molecule has 1 fully saturated rings. The Morgan fingerprint density at radius 1 is 1.09 bits per heavy atom. The van der Waals surface area contributed by atoms with Gasteiger partial charge in [-0.05, 0) is 126 Å². The fourth-order valence-electron chi connectivity index (χ4n) is 10.5. The Kier molecular flexibility index (Phi) is 5.33. The second kappa shape index (κ2) is 8.16. The monoisotopic (exact) mass is 599 g/mol. The minimum Gasteiger partial charge on any atom is -0.479 e. The summed E-state index contributed by atoms with van der Waals surface area (Å²) in [7, 11) is 0. The van der Waals surface area contributed by atoms with Crippen LogP contribution < -0.4 is 0 Å². The van der Waals surface area contributed by atoms with Crippen molar-refractivity contribution in [3.63, 3.8) is 0 Å². The van der Waals surface area contributed by atoms with Crippen molar-refractivity contribution in [2.45, 2.75) is 121 Å². The fourth-order valence-corrected chi connectivity index (χ4v) is 10.5. The molecule has 7 atom stereocenters. The maximum atomic E-state index is 13.2. The molecule has 0 amide bonds. The smallest absolute Gasteiger partial charge is 0.199 e. The van der Waals surface area contributed by atoms with E-state index in [0.29, 0.717) is 30.1 Å². The third-order valence-electron chi connectivity index (χ3n) is 12.7. The van der Waals surface area contributed by atoms with Crippen LogP contribution in [0.3, 0.4) is 0 Å². The quantitative estimate of drug-likeness (QED) is 0.334. The number of benzene rings is 1. The molecular formula is C37H45NO6. The van der Waals surface area contributed by atoms with E-state index in [0.717, 1.165) is 46.1 Å². The van der Waals surface area contributed by atoms with Crippen LogP contribution in [0, 0.1) is 17.3 Å². The highest BCUT2D eigenvalue weighted by molar-refractivity contribution is 5.97. The molecule has 1 aromatic heterocycles. The van der Waals surface area contributed by atoms with Gasteiger partial charge in [0.1, 0.15) is 11.4 Å². The van der Waals surface area contributed by atoms with E-state index in [1.54, 1.807) is 13.8 Å². The van der Waals surface area contributed by atoms with Gasteiger partial charge >= 0.3 is 0 Å². The lowest BCUT2D eigenvalue weighted by Crippen LogP contribution is -2.65. The zero-order valence-corrected chi connectivity index (χ0v) is 27.1. The lowest BCUT2D eigenvalue weighted by molar-refractivity contribution is -0.157. The van der Waals surface area contributed by atoms with E-state index in [2.05, 4.69) is 64.7 Å². The number of aromatic nitrogens is 1. The van der Waals surface area contributed by atoms with Crippen molar-refractivity contribution in [1.29, 1.82) is 0 Å². The number of nitrogens with one attached hydrogen (secondary N) is 1. The van der Waals surface area contributed by atoms with E-state index in [9.17, 15) is 20.1 Å². The Morgan fingerprint density at radius 2 is 1.82 bits per heavy atom. The van der Waals surface area contributed by atoms with Gasteiger partial charge in [-0.2, -0.15) is 0 Å². The zero-order valence-electron chi connectivity index (χ0n) is 27.1. The first kappa shape index (κ1) is 28.7. The molecule has 8 rings (SSSR count). The van der Waals surface area contributed by atoms with Crippen molar-refractivity contribution in [2.75, 3.05) is 0 Å². The molecule has 44 heavy (non-hydrogen) atoms. The number of allylic oxidation sites excluding steroid dienone is 1. The van der Waals surface area contributed by atoms with Gasteiger partial charge in [0.05, 0.1) is 22.9 Å². The second-order valence-corrected chi connectivity index (χ2v) is 16.5. The topological polar surface area (TPSA) is 112 Å². The summed E-state index contributed by atoms with van der Waals surface area (Å²) in [6, 6.07) is 4.42. The molecule has 0 spiro atoms. The molecule has 0 radical (unpaired) electrons. The first-order chi connectivity index (χ1) is 20.3. The molecule has 3 heterocycles. The number of aliphatic hydroxyl groups is 3. The Labute approximate surface area is 259 Å². The normalized spacial score (nSPS) is 39.6. The van der Waals surface area contributed by atoms with E-state index in [4.69, 9.17) is 9.47 Å². The number of ether oxygens (including phenoxy) is 2. The molecular weight excluding hydrogens is 554 g/mol. The molecule has 1 saturated carbocycles. The molecule has 4 N–H and O–H groups in total. The number of fused-ring (bicyclic) bond motifs is 12. The number of hydrogen-bond acceptors (Lipinski definition) is 6. The SMILES string of the molecule is CC1(C)C=C2c3cc4[nH]c5c(c4cc3[C@@H](O)[C@@H]2C(C)(C)O1)C[C@@H]1CC[C@@]2(O)C3=CC(=O)[C@@H](C(C)(C)O)OC3=CC[C@]2(C)[C@@]51C. The van der Waals surface area contributed by atoms with Crippen molar-refractivity contribution < 1.29 is 29.6 Å². The van der Waals surface area contributed by atoms with Crippen LogP contribution in [0.1, 0.15) is 103 Å². The van der Waals surface area contributed by atoms with Gasteiger partial charge in [0, 0.05) is 38.9 Å². The van der Waals surface area contributed by atoms with E-state index < -0.39 is 45.4 Å². The number of carbonyl (C=O) groups is 1.